The van der Waals surface area contributed by atoms with Crippen LogP contribution in [0.1, 0.15) is 16.8 Å². The average Bonchev–Trinajstić information content (AvgIpc) is 2.68. The van der Waals surface area contributed by atoms with Gasteiger partial charge in [0.2, 0.25) is 5.91 Å². The van der Waals surface area contributed by atoms with Crippen molar-refractivity contribution in [3.8, 4) is 11.5 Å². The van der Waals surface area contributed by atoms with E-state index in [1.807, 2.05) is 0 Å². The molecule has 0 aliphatic rings. The van der Waals surface area contributed by atoms with Gasteiger partial charge in [0.25, 0.3) is 11.6 Å². The maximum absolute atomic E-state index is 12.1. The Labute approximate surface area is 155 Å². The minimum atomic E-state index is -0.608. The molecule has 0 bridgehead atoms. The van der Waals surface area contributed by atoms with Crippen LogP contribution >= 0.6 is 0 Å². The minimum Gasteiger partial charge on any atom is -0.497 e. The Hall–Kier alpha value is -3.62. The summed E-state index contributed by atoms with van der Waals surface area (Å²) < 4.78 is 9.99. The average molecular weight is 373 g/mol. The van der Waals surface area contributed by atoms with Crippen molar-refractivity contribution in [1.82, 2.24) is 5.32 Å². The van der Waals surface area contributed by atoms with Crippen molar-refractivity contribution in [1.29, 1.82) is 0 Å². The second-order valence-corrected chi connectivity index (χ2v) is 5.43. The molecule has 27 heavy (non-hydrogen) atoms. The Kier molecular flexibility index (Phi) is 6.70. The summed E-state index contributed by atoms with van der Waals surface area (Å²) in [6.07, 6.45) is -0.0428. The van der Waals surface area contributed by atoms with Crippen LogP contribution in [0.25, 0.3) is 0 Å². The van der Waals surface area contributed by atoms with Gasteiger partial charge in [-0.05, 0) is 30.3 Å². The number of nitrogens with zero attached hydrogens (tertiary/aromatic N) is 1. The van der Waals surface area contributed by atoms with Crippen LogP contribution in [0, 0.1) is 10.1 Å². The molecule has 2 amide bonds. The molecule has 0 radical (unpaired) electrons. The predicted molar refractivity (Wildman–Crippen MR) is 98.2 cm³/mol. The van der Waals surface area contributed by atoms with Crippen LogP contribution in [-0.2, 0) is 4.79 Å². The molecular formula is C18H19N3O6. The molecule has 0 aliphatic carbocycles. The number of amides is 2. The number of nitrogens with one attached hydrogen (secondary N) is 2. The molecule has 0 unspecified atom stereocenters. The number of methoxy groups -OCH3 is 2. The zero-order valence-electron chi connectivity index (χ0n) is 14.9. The Bertz CT molecular complexity index is 853. The van der Waals surface area contributed by atoms with E-state index in [1.165, 1.54) is 32.4 Å². The molecule has 0 aromatic heterocycles. The topological polar surface area (TPSA) is 120 Å². The monoisotopic (exact) mass is 373 g/mol. The number of nitro groups is 1. The van der Waals surface area contributed by atoms with Gasteiger partial charge in [-0.2, -0.15) is 0 Å². The standard InChI is InChI=1S/C18H19N3O6/c1-26-13-5-3-4-12(10-13)18(23)19-9-8-17(22)20-15-7-6-14(27-2)11-16(15)21(24)25/h3-7,10-11H,8-9H2,1-2H3,(H,19,23)(H,20,22). The summed E-state index contributed by atoms with van der Waals surface area (Å²) in [5.41, 5.74) is 0.189. The molecule has 0 spiro atoms. The van der Waals surface area contributed by atoms with Gasteiger partial charge in [0, 0.05) is 18.5 Å². The van der Waals surface area contributed by atoms with Gasteiger partial charge in [0.1, 0.15) is 17.2 Å². The Balaban J connectivity index is 1.91. The molecule has 0 saturated heterocycles. The van der Waals surface area contributed by atoms with Crippen LogP contribution < -0.4 is 20.1 Å². The van der Waals surface area contributed by atoms with E-state index in [4.69, 9.17) is 9.47 Å². The highest BCUT2D eigenvalue weighted by Crippen LogP contribution is 2.28. The fourth-order valence-electron chi connectivity index (χ4n) is 2.26. The van der Waals surface area contributed by atoms with Crippen molar-refractivity contribution in [2.24, 2.45) is 0 Å². The smallest absolute Gasteiger partial charge is 0.296 e. The maximum atomic E-state index is 12.1. The van der Waals surface area contributed by atoms with Crippen molar-refractivity contribution in [2.75, 3.05) is 26.1 Å². The fourth-order valence-corrected chi connectivity index (χ4v) is 2.26. The Morgan fingerprint density at radius 2 is 1.78 bits per heavy atom. The van der Waals surface area contributed by atoms with Crippen LogP contribution in [0.5, 0.6) is 11.5 Å². The number of carbonyl (C=O) groups is 2. The van der Waals surface area contributed by atoms with Gasteiger partial charge in [0.05, 0.1) is 25.2 Å². The van der Waals surface area contributed by atoms with Gasteiger partial charge in [-0.3, -0.25) is 19.7 Å². The van der Waals surface area contributed by atoms with Gasteiger partial charge < -0.3 is 20.1 Å². The Morgan fingerprint density at radius 3 is 2.44 bits per heavy atom. The van der Waals surface area contributed by atoms with Crippen LogP contribution in [0.2, 0.25) is 0 Å². The number of carbonyl (C=O) groups excluding carboxylic acids is 2. The lowest BCUT2D eigenvalue weighted by Gasteiger charge is -2.09. The second kappa shape index (κ2) is 9.18. The number of rotatable bonds is 8. The van der Waals surface area contributed by atoms with E-state index in [2.05, 4.69) is 10.6 Å². The summed E-state index contributed by atoms with van der Waals surface area (Å²) in [6.45, 7) is 0.0752. The van der Waals surface area contributed by atoms with Crippen molar-refractivity contribution in [3.05, 3.63) is 58.1 Å². The third kappa shape index (κ3) is 5.43. The highest BCUT2D eigenvalue weighted by Gasteiger charge is 2.17. The zero-order valence-corrected chi connectivity index (χ0v) is 14.9. The summed E-state index contributed by atoms with van der Waals surface area (Å²) in [5.74, 6) is 0.0452. The van der Waals surface area contributed by atoms with E-state index in [1.54, 1.807) is 24.3 Å². The number of anilines is 1. The number of hydrogen-bond acceptors (Lipinski definition) is 6. The zero-order chi connectivity index (χ0) is 19.8. The molecule has 2 aromatic rings. The molecule has 9 heteroatoms. The molecule has 142 valence electrons. The SMILES string of the molecule is COc1cccc(C(=O)NCCC(=O)Nc2ccc(OC)cc2[N+](=O)[O-])c1. The van der Waals surface area contributed by atoms with E-state index in [9.17, 15) is 19.7 Å². The van der Waals surface area contributed by atoms with Crippen molar-refractivity contribution in [2.45, 2.75) is 6.42 Å². The third-order valence-electron chi connectivity index (χ3n) is 3.65. The lowest BCUT2D eigenvalue weighted by Crippen LogP contribution is -2.27. The summed E-state index contributed by atoms with van der Waals surface area (Å²) in [6, 6.07) is 10.7. The minimum absolute atomic E-state index is 0.0428. The van der Waals surface area contributed by atoms with Crippen LogP contribution in [0.4, 0.5) is 11.4 Å². The first-order chi connectivity index (χ1) is 12.9. The first-order valence-electron chi connectivity index (χ1n) is 7.99. The van der Waals surface area contributed by atoms with Gasteiger partial charge >= 0.3 is 0 Å². The van der Waals surface area contributed by atoms with Gasteiger partial charge in [-0.15, -0.1) is 0 Å². The molecule has 0 aliphatic heterocycles. The quantitative estimate of drug-likeness (QED) is 0.541. The van der Waals surface area contributed by atoms with Gasteiger partial charge in [-0.25, -0.2) is 0 Å². The van der Waals surface area contributed by atoms with Gasteiger partial charge in [-0.1, -0.05) is 6.07 Å². The first kappa shape index (κ1) is 19.7. The molecule has 2 aromatic carbocycles. The van der Waals surface area contributed by atoms with Crippen LogP contribution in [0.3, 0.4) is 0 Å². The maximum Gasteiger partial charge on any atom is 0.296 e. The van der Waals surface area contributed by atoms with E-state index in [-0.39, 0.29) is 30.2 Å². The summed E-state index contributed by atoms with van der Waals surface area (Å²) in [7, 11) is 2.89. The van der Waals surface area contributed by atoms with Crippen molar-refractivity contribution < 1.29 is 24.0 Å². The molecule has 9 nitrogen and oxygen atoms in total. The highest BCUT2D eigenvalue weighted by atomic mass is 16.6. The van der Waals surface area contributed by atoms with E-state index >= 15 is 0 Å². The lowest BCUT2D eigenvalue weighted by molar-refractivity contribution is -0.384. The number of ether oxygens (including phenoxy) is 2. The van der Waals surface area contributed by atoms with E-state index < -0.39 is 10.8 Å². The van der Waals surface area contributed by atoms with E-state index in [0.717, 1.165) is 0 Å². The molecule has 0 atom stereocenters. The normalized spacial score (nSPS) is 10.0. The molecular weight excluding hydrogens is 354 g/mol. The Morgan fingerprint density at radius 1 is 1.07 bits per heavy atom. The van der Waals surface area contributed by atoms with Crippen molar-refractivity contribution >= 4 is 23.2 Å². The number of hydrogen-bond donors (Lipinski definition) is 2. The first-order valence-corrected chi connectivity index (χ1v) is 7.99. The highest BCUT2D eigenvalue weighted by molar-refractivity contribution is 5.96. The lowest BCUT2D eigenvalue weighted by atomic mass is 10.2. The summed E-state index contributed by atoms with van der Waals surface area (Å²) in [5, 5.41) is 16.2. The third-order valence-corrected chi connectivity index (χ3v) is 3.65. The molecule has 2 N–H and O–H groups in total. The molecule has 0 fully saturated rings. The van der Waals surface area contributed by atoms with Gasteiger partial charge in [0.15, 0.2) is 0 Å². The van der Waals surface area contributed by atoms with Crippen molar-refractivity contribution in [3.63, 3.8) is 0 Å². The van der Waals surface area contributed by atoms with Crippen LogP contribution in [0.15, 0.2) is 42.5 Å². The van der Waals surface area contributed by atoms with E-state index in [0.29, 0.717) is 17.1 Å². The largest absolute Gasteiger partial charge is 0.497 e. The molecule has 0 heterocycles. The molecule has 0 saturated carbocycles. The summed E-state index contributed by atoms with van der Waals surface area (Å²) >= 11 is 0. The summed E-state index contributed by atoms with van der Waals surface area (Å²) in [4.78, 5) is 34.6. The van der Waals surface area contributed by atoms with Crippen LogP contribution in [-0.4, -0.2) is 37.5 Å². The molecule has 2 rings (SSSR count). The number of benzene rings is 2. The number of nitro benzene ring substituents is 1. The predicted octanol–water partition coefficient (Wildman–Crippen LogP) is 2.37. The fraction of sp³-hybridized carbons (Fsp3) is 0.222. The second-order valence-electron chi connectivity index (χ2n) is 5.43.